The molecule has 0 amide bonds. The average molecular weight is 377 g/mol. The Morgan fingerprint density at radius 2 is 2.00 bits per heavy atom. The summed E-state index contributed by atoms with van der Waals surface area (Å²) < 4.78 is 4.74. The van der Waals surface area contributed by atoms with E-state index < -0.39 is 5.97 Å². The number of carbonyl (C=O) groups is 1. The van der Waals surface area contributed by atoms with Gasteiger partial charge in [0.15, 0.2) is 0 Å². The summed E-state index contributed by atoms with van der Waals surface area (Å²) in [6.07, 6.45) is 0.403. The zero-order valence-electron chi connectivity index (χ0n) is 13.5. The van der Waals surface area contributed by atoms with Crippen LogP contribution in [0.5, 0.6) is 0 Å². The highest BCUT2D eigenvalue weighted by Crippen LogP contribution is 2.32. The number of hydrogen-bond acceptors (Lipinski definition) is 4. The van der Waals surface area contributed by atoms with Crippen LogP contribution in [0.1, 0.15) is 27.2 Å². The Hall–Kier alpha value is -2.37. The molecule has 0 aliphatic rings. The topological polar surface area (TPSA) is 71.5 Å². The molecule has 0 bridgehead atoms. The van der Waals surface area contributed by atoms with Gasteiger partial charge in [-0.2, -0.15) is 0 Å². The van der Waals surface area contributed by atoms with E-state index in [1.54, 1.807) is 18.2 Å². The van der Waals surface area contributed by atoms with Crippen LogP contribution in [0.25, 0.3) is 10.9 Å². The zero-order chi connectivity index (χ0) is 18.1. The van der Waals surface area contributed by atoms with Gasteiger partial charge in [-0.15, -0.1) is 4.91 Å². The summed E-state index contributed by atoms with van der Waals surface area (Å²) >= 11 is 12.6. The van der Waals surface area contributed by atoms with Crippen LogP contribution >= 0.6 is 23.2 Å². The molecule has 1 aromatic heterocycles. The van der Waals surface area contributed by atoms with Crippen molar-refractivity contribution >= 4 is 45.8 Å². The number of fused-ring (bicyclic) bond motifs is 1. The summed E-state index contributed by atoms with van der Waals surface area (Å²) in [5, 5.41) is 4.69. The maximum Gasteiger partial charge on any atom is 0.339 e. The fourth-order valence-electron chi connectivity index (χ4n) is 2.82. The van der Waals surface area contributed by atoms with Gasteiger partial charge in [-0.3, -0.25) is 0 Å². The highest BCUT2D eigenvalue weighted by Gasteiger charge is 2.18. The number of methoxy groups -OCH3 is 1. The minimum atomic E-state index is -0.517. The van der Waals surface area contributed by atoms with E-state index in [9.17, 15) is 9.70 Å². The molecule has 0 spiro atoms. The van der Waals surface area contributed by atoms with E-state index in [4.69, 9.17) is 27.9 Å². The molecule has 0 aliphatic carbocycles. The highest BCUT2D eigenvalue weighted by atomic mass is 35.5. The number of benzene rings is 2. The van der Waals surface area contributed by atoms with Crippen molar-refractivity contribution in [3.8, 4) is 0 Å². The summed E-state index contributed by atoms with van der Waals surface area (Å²) in [6.45, 7) is 1.91. The van der Waals surface area contributed by atoms with Crippen LogP contribution < -0.4 is 0 Å². The van der Waals surface area contributed by atoms with Crippen LogP contribution in [0.3, 0.4) is 0 Å². The second-order valence-electron chi connectivity index (χ2n) is 5.67. The van der Waals surface area contributed by atoms with Crippen molar-refractivity contribution in [3.63, 3.8) is 0 Å². The molecule has 0 atom stereocenters. The fourth-order valence-corrected chi connectivity index (χ4v) is 3.40. The molecule has 1 N–H and O–H groups in total. The van der Waals surface area contributed by atoms with Crippen LogP contribution in [-0.4, -0.2) is 18.1 Å². The summed E-state index contributed by atoms with van der Waals surface area (Å²) in [6, 6.07) is 8.54. The summed E-state index contributed by atoms with van der Waals surface area (Å²) in [7, 11) is 1.30. The van der Waals surface area contributed by atoms with E-state index in [-0.39, 0.29) is 10.6 Å². The van der Waals surface area contributed by atoms with Crippen molar-refractivity contribution in [2.24, 2.45) is 5.18 Å². The maximum absolute atomic E-state index is 11.8. The standard InChI is InChI=1S/C18H14Cl2N2O3/c1-9-5-11(22-24)8-16-13(9)6-10(21-16)7-14-15(19)4-3-12(17(14)20)18(23)25-2/h3-6,8,21H,7H2,1-2H3. The first-order valence-electron chi connectivity index (χ1n) is 7.45. The van der Waals surface area contributed by atoms with Crippen molar-refractivity contribution in [1.82, 2.24) is 4.98 Å². The molecule has 3 rings (SSSR count). The molecule has 0 aliphatic heterocycles. The monoisotopic (exact) mass is 376 g/mol. The average Bonchev–Trinajstić information content (AvgIpc) is 3.01. The number of esters is 1. The van der Waals surface area contributed by atoms with Gasteiger partial charge in [-0.25, -0.2) is 4.79 Å². The van der Waals surface area contributed by atoms with E-state index in [1.165, 1.54) is 13.2 Å². The first-order valence-corrected chi connectivity index (χ1v) is 8.21. The van der Waals surface area contributed by atoms with Gasteiger partial charge in [0.2, 0.25) is 0 Å². The third-order valence-electron chi connectivity index (χ3n) is 4.05. The minimum absolute atomic E-state index is 0.267. The van der Waals surface area contributed by atoms with E-state index in [2.05, 4.69) is 10.2 Å². The van der Waals surface area contributed by atoms with Gasteiger partial charge < -0.3 is 9.72 Å². The van der Waals surface area contributed by atoms with Gasteiger partial charge in [0.1, 0.15) is 5.69 Å². The lowest BCUT2D eigenvalue weighted by Crippen LogP contribution is -2.04. The van der Waals surface area contributed by atoms with E-state index in [0.717, 1.165) is 22.2 Å². The third-order valence-corrected chi connectivity index (χ3v) is 4.84. The maximum atomic E-state index is 11.8. The molecular formula is C18H14Cl2N2O3. The van der Waals surface area contributed by atoms with E-state index in [1.807, 2.05) is 13.0 Å². The van der Waals surface area contributed by atoms with Crippen molar-refractivity contribution in [3.05, 3.63) is 67.7 Å². The molecular weight excluding hydrogens is 363 g/mol. The Bertz CT molecular complexity index is 996. The second-order valence-corrected chi connectivity index (χ2v) is 6.45. The van der Waals surface area contributed by atoms with Gasteiger partial charge in [0, 0.05) is 28.0 Å². The van der Waals surface area contributed by atoms with Crippen molar-refractivity contribution < 1.29 is 9.53 Å². The molecule has 0 fully saturated rings. The molecule has 0 unspecified atom stereocenters. The van der Waals surface area contributed by atoms with Crippen molar-refractivity contribution in [2.75, 3.05) is 7.11 Å². The van der Waals surface area contributed by atoms with Gasteiger partial charge in [-0.1, -0.05) is 23.2 Å². The molecule has 25 heavy (non-hydrogen) atoms. The van der Waals surface area contributed by atoms with Crippen LogP contribution in [-0.2, 0) is 11.2 Å². The van der Waals surface area contributed by atoms with Crippen LogP contribution in [0, 0.1) is 11.8 Å². The number of H-pyrrole nitrogens is 1. The largest absolute Gasteiger partial charge is 0.465 e. The second kappa shape index (κ2) is 6.86. The number of hydrogen-bond donors (Lipinski definition) is 1. The Kier molecular flexibility index (Phi) is 4.79. The lowest BCUT2D eigenvalue weighted by atomic mass is 10.1. The van der Waals surface area contributed by atoms with Crippen LogP contribution in [0.4, 0.5) is 5.69 Å². The lowest BCUT2D eigenvalue weighted by Gasteiger charge is -2.10. The van der Waals surface area contributed by atoms with Crippen molar-refractivity contribution in [2.45, 2.75) is 13.3 Å². The molecule has 5 nitrogen and oxygen atoms in total. The zero-order valence-corrected chi connectivity index (χ0v) is 15.0. The number of aromatic amines is 1. The van der Waals surface area contributed by atoms with Crippen LogP contribution in [0.2, 0.25) is 10.0 Å². The fraction of sp³-hybridized carbons (Fsp3) is 0.167. The highest BCUT2D eigenvalue weighted by molar-refractivity contribution is 6.38. The SMILES string of the molecule is COC(=O)c1ccc(Cl)c(Cc2cc3c(C)cc(N=O)cc3[nH]2)c1Cl. The predicted molar refractivity (Wildman–Crippen MR) is 99.1 cm³/mol. The smallest absolute Gasteiger partial charge is 0.339 e. The number of aromatic nitrogens is 1. The van der Waals surface area contributed by atoms with Gasteiger partial charge in [0.25, 0.3) is 0 Å². The van der Waals surface area contributed by atoms with Gasteiger partial charge >= 0.3 is 5.97 Å². The number of halogens is 2. The molecule has 2 aromatic carbocycles. The first kappa shape index (κ1) is 17.5. The Balaban J connectivity index is 2.05. The number of nitrogens with zero attached hydrogens (tertiary/aromatic N) is 1. The van der Waals surface area contributed by atoms with E-state index >= 15 is 0 Å². The number of nitrogens with one attached hydrogen (secondary N) is 1. The molecule has 128 valence electrons. The molecule has 0 saturated carbocycles. The Labute approximate surface area is 153 Å². The summed E-state index contributed by atoms with van der Waals surface area (Å²) in [5.74, 6) is -0.517. The minimum Gasteiger partial charge on any atom is -0.465 e. The van der Waals surface area contributed by atoms with Crippen LogP contribution in [0.15, 0.2) is 35.5 Å². The lowest BCUT2D eigenvalue weighted by molar-refractivity contribution is 0.0601. The third kappa shape index (κ3) is 3.25. The molecule has 1 heterocycles. The molecule has 3 aromatic rings. The van der Waals surface area contributed by atoms with Gasteiger partial charge in [0.05, 0.1) is 17.7 Å². The predicted octanol–water partition coefficient (Wildman–Crippen LogP) is 5.56. The number of aryl methyl sites for hydroxylation is 1. The summed E-state index contributed by atoms with van der Waals surface area (Å²) in [4.78, 5) is 25.8. The summed E-state index contributed by atoms with van der Waals surface area (Å²) in [5.41, 5.74) is 3.86. The van der Waals surface area contributed by atoms with Gasteiger partial charge in [-0.05, 0) is 53.6 Å². The number of rotatable bonds is 4. The molecule has 0 saturated heterocycles. The quantitative estimate of drug-likeness (QED) is 0.478. The first-order chi connectivity index (χ1) is 11.9. The normalized spacial score (nSPS) is 10.9. The Morgan fingerprint density at radius 3 is 2.68 bits per heavy atom. The number of carbonyl (C=O) groups excluding carboxylic acids is 1. The van der Waals surface area contributed by atoms with E-state index in [0.29, 0.717) is 22.7 Å². The van der Waals surface area contributed by atoms with Crippen molar-refractivity contribution in [1.29, 1.82) is 0 Å². The Morgan fingerprint density at radius 1 is 1.24 bits per heavy atom. The number of nitroso groups, excluding NO2 is 1. The molecule has 7 heteroatoms. The number of ether oxygens (including phenoxy) is 1. The molecule has 0 radical (unpaired) electrons.